The van der Waals surface area contributed by atoms with Gasteiger partial charge in [-0.15, -0.1) is 0 Å². The van der Waals surface area contributed by atoms with E-state index in [1.165, 1.54) is 0 Å². The Kier molecular flexibility index (Phi) is 2.26. The Morgan fingerprint density at radius 2 is 1.12 bits per heavy atom. The smallest absolute Gasteiger partial charge is 0.340 e. The van der Waals surface area contributed by atoms with E-state index in [-0.39, 0.29) is 0 Å². The summed E-state index contributed by atoms with van der Waals surface area (Å²) in [5.74, 6) is 1.61. The van der Waals surface area contributed by atoms with E-state index in [1.54, 1.807) is 0 Å². The van der Waals surface area contributed by atoms with E-state index < -0.39 is 6.03 Å². The van der Waals surface area contributed by atoms with Gasteiger partial charge in [-0.25, -0.2) is 0 Å². The summed E-state index contributed by atoms with van der Waals surface area (Å²) in [7, 11) is 0. The molecule has 2 bridgehead atoms. The van der Waals surface area contributed by atoms with Gasteiger partial charge in [0, 0.05) is 12.1 Å². The van der Waals surface area contributed by atoms with Gasteiger partial charge in [0.1, 0.15) is 0 Å². The van der Waals surface area contributed by atoms with E-state index >= 15 is 0 Å². The number of nitrogens with zero attached hydrogens (tertiary/aromatic N) is 2. The summed E-state index contributed by atoms with van der Waals surface area (Å²) in [5, 5.41) is 0. The zero-order valence-corrected chi connectivity index (χ0v) is 13.3. The molecule has 0 atom stereocenters. The fourth-order valence-corrected chi connectivity index (χ4v) is 3.69. The molecule has 0 saturated carbocycles. The molecule has 3 aromatic rings. The van der Waals surface area contributed by atoms with Crippen molar-refractivity contribution in [1.82, 2.24) is 0 Å². The van der Waals surface area contributed by atoms with Crippen molar-refractivity contribution in [2.75, 3.05) is 0 Å². The molecule has 4 heteroatoms. The van der Waals surface area contributed by atoms with Crippen LogP contribution in [0.25, 0.3) is 0 Å². The molecule has 1 spiro atoms. The summed E-state index contributed by atoms with van der Waals surface area (Å²) < 4.78 is 17.0. The SMILES string of the molecule is C1=[N+]2c3cccc(c3)[N+]3=Cc4ccccc4OC23Oc2ccccc21. The van der Waals surface area contributed by atoms with Gasteiger partial charge < -0.3 is 9.47 Å². The second kappa shape index (κ2) is 4.36. The molecule has 3 aliphatic rings. The minimum Gasteiger partial charge on any atom is -0.340 e. The number of hydrogen-bond donors (Lipinski definition) is 0. The monoisotopic (exact) mass is 326 g/mol. The largest absolute Gasteiger partial charge is 0.714 e. The van der Waals surface area contributed by atoms with E-state index in [1.807, 2.05) is 48.5 Å². The van der Waals surface area contributed by atoms with Crippen molar-refractivity contribution in [3.63, 3.8) is 0 Å². The summed E-state index contributed by atoms with van der Waals surface area (Å²) in [4.78, 5) is 0. The lowest BCUT2D eigenvalue weighted by Crippen LogP contribution is -2.62. The van der Waals surface area contributed by atoms with Crippen molar-refractivity contribution in [2.45, 2.75) is 6.03 Å². The van der Waals surface area contributed by atoms with Crippen molar-refractivity contribution < 1.29 is 18.6 Å². The zero-order chi connectivity index (χ0) is 16.4. The third kappa shape index (κ3) is 1.61. The fraction of sp³-hybridized carbons (Fsp3) is 0.0476. The Morgan fingerprint density at radius 1 is 0.600 bits per heavy atom. The summed E-state index contributed by atoms with van der Waals surface area (Å²) in [6, 6.07) is 23.3. The Morgan fingerprint density at radius 3 is 1.68 bits per heavy atom. The van der Waals surface area contributed by atoms with Crippen molar-refractivity contribution in [3.05, 3.63) is 83.9 Å². The number of fused-ring (bicyclic) bond motifs is 6. The molecule has 0 N–H and O–H groups in total. The highest BCUT2D eigenvalue weighted by Gasteiger charge is 2.68. The Hall–Kier alpha value is -3.40. The lowest BCUT2D eigenvalue weighted by molar-refractivity contribution is -0.860. The van der Waals surface area contributed by atoms with Gasteiger partial charge in [-0.1, -0.05) is 33.4 Å². The first kappa shape index (κ1) is 13.0. The number of rotatable bonds is 0. The number of hydrogen-bond acceptors (Lipinski definition) is 2. The molecule has 25 heavy (non-hydrogen) atoms. The second-order valence-corrected chi connectivity index (χ2v) is 6.35. The van der Waals surface area contributed by atoms with Gasteiger partial charge in [-0.3, -0.25) is 0 Å². The minimum absolute atomic E-state index is 0.807. The Balaban J connectivity index is 1.70. The second-order valence-electron chi connectivity index (χ2n) is 6.35. The van der Waals surface area contributed by atoms with Gasteiger partial charge in [0.05, 0.1) is 17.2 Å². The van der Waals surface area contributed by atoms with Crippen LogP contribution in [0, 0.1) is 0 Å². The predicted molar refractivity (Wildman–Crippen MR) is 93.5 cm³/mol. The van der Waals surface area contributed by atoms with E-state index in [0.717, 1.165) is 34.0 Å². The first-order valence-electron chi connectivity index (χ1n) is 8.28. The van der Waals surface area contributed by atoms with Crippen LogP contribution in [0.3, 0.4) is 0 Å². The quantitative estimate of drug-likeness (QED) is 0.589. The summed E-state index contributed by atoms with van der Waals surface area (Å²) in [6.45, 7) is 0. The fourth-order valence-electron chi connectivity index (χ4n) is 3.69. The summed E-state index contributed by atoms with van der Waals surface area (Å²) in [6.07, 6.45) is 4.18. The van der Waals surface area contributed by atoms with Crippen LogP contribution in [0.4, 0.5) is 11.4 Å². The molecule has 0 saturated heterocycles. The minimum atomic E-state index is -1.08. The molecule has 3 aromatic carbocycles. The highest BCUT2D eigenvalue weighted by atomic mass is 16.7. The molecule has 0 unspecified atom stereocenters. The molecule has 4 nitrogen and oxygen atoms in total. The molecule has 118 valence electrons. The van der Waals surface area contributed by atoms with Crippen LogP contribution in [0.1, 0.15) is 11.1 Å². The van der Waals surface area contributed by atoms with Crippen molar-refractivity contribution in [1.29, 1.82) is 0 Å². The Labute approximate surface area is 144 Å². The molecule has 0 fully saturated rings. The molecule has 6 rings (SSSR count). The van der Waals surface area contributed by atoms with Crippen LogP contribution in [0.15, 0.2) is 72.8 Å². The van der Waals surface area contributed by atoms with Crippen molar-refractivity contribution in [2.24, 2.45) is 0 Å². The van der Waals surface area contributed by atoms with E-state index in [9.17, 15) is 0 Å². The van der Waals surface area contributed by atoms with Crippen molar-refractivity contribution >= 4 is 23.8 Å². The maximum Gasteiger partial charge on any atom is 0.714 e. The molecule has 0 aliphatic carbocycles. The lowest BCUT2D eigenvalue weighted by Gasteiger charge is -2.32. The highest BCUT2D eigenvalue weighted by Crippen LogP contribution is 2.43. The van der Waals surface area contributed by atoms with Crippen molar-refractivity contribution in [3.8, 4) is 11.5 Å². The van der Waals surface area contributed by atoms with Crippen LogP contribution in [-0.2, 0) is 0 Å². The number of ether oxygens (including phenoxy) is 2. The van der Waals surface area contributed by atoms with Gasteiger partial charge in [0.25, 0.3) is 0 Å². The molecular formula is C21H14N2O2+2. The van der Waals surface area contributed by atoms with E-state index in [0.29, 0.717) is 0 Å². The lowest BCUT2D eigenvalue weighted by atomic mass is 10.1. The maximum atomic E-state index is 6.47. The first-order chi connectivity index (χ1) is 12.3. The summed E-state index contributed by atoms with van der Waals surface area (Å²) >= 11 is 0. The third-order valence-electron chi connectivity index (χ3n) is 4.86. The van der Waals surface area contributed by atoms with Crippen LogP contribution in [0.5, 0.6) is 11.5 Å². The van der Waals surface area contributed by atoms with Gasteiger partial charge in [0.2, 0.25) is 11.4 Å². The molecule has 0 aromatic heterocycles. The average Bonchev–Trinajstić information content (AvgIpc) is 2.66. The molecule has 3 heterocycles. The summed E-state index contributed by atoms with van der Waals surface area (Å²) in [5.41, 5.74) is 4.14. The van der Waals surface area contributed by atoms with Crippen LogP contribution < -0.4 is 9.47 Å². The van der Waals surface area contributed by atoms with E-state index in [4.69, 9.17) is 9.47 Å². The number of benzene rings is 3. The predicted octanol–water partition coefficient (Wildman–Crippen LogP) is 3.62. The van der Waals surface area contributed by atoms with Crippen LogP contribution >= 0.6 is 0 Å². The highest BCUT2D eigenvalue weighted by molar-refractivity contribution is 5.84. The molecular weight excluding hydrogens is 312 g/mol. The Bertz CT molecular complexity index is 1030. The molecule has 0 amide bonds. The van der Waals surface area contributed by atoms with Crippen LogP contribution in [0.2, 0.25) is 0 Å². The number of para-hydroxylation sites is 2. The molecule has 0 radical (unpaired) electrons. The van der Waals surface area contributed by atoms with Gasteiger partial charge >= 0.3 is 6.03 Å². The van der Waals surface area contributed by atoms with Gasteiger partial charge in [0.15, 0.2) is 23.9 Å². The zero-order valence-electron chi connectivity index (χ0n) is 13.3. The normalized spacial score (nSPS) is 17.4. The topological polar surface area (TPSA) is 24.5 Å². The third-order valence-corrected chi connectivity index (χ3v) is 4.86. The first-order valence-corrected chi connectivity index (χ1v) is 8.28. The van der Waals surface area contributed by atoms with Crippen LogP contribution in [-0.4, -0.2) is 27.6 Å². The average molecular weight is 326 g/mol. The van der Waals surface area contributed by atoms with Gasteiger partial charge in [-0.05, 0) is 30.3 Å². The van der Waals surface area contributed by atoms with Gasteiger partial charge in [-0.2, -0.15) is 0 Å². The molecule has 3 aliphatic heterocycles. The standard InChI is InChI=1S/C21H14N2O2/c1-3-10-19-15(6-1)13-22-17-8-5-9-18(12-17)23-14-16-7-2-4-11-20(16)25-21(22,23)24-19/h1-14H/q+2. The van der Waals surface area contributed by atoms with E-state index in [2.05, 4.69) is 45.8 Å². The maximum absolute atomic E-state index is 6.47.